The average Bonchev–Trinajstić information content (AvgIpc) is 3.57. The van der Waals surface area contributed by atoms with Crippen LogP contribution in [0.1, 0.15) is 73.1 Å². The van der Waals surface area contributed by atoms with E-state index in [4.69, 9.17) is 52.2 Å². The van der Waals surface area contributed by atoms with Crippen LogP contribution in [0.25, 0.3) is 0 Å². The van der Waals surface area contributed by atoms with E-state index in [1.165, 1.54) is 18.7 Å². The van der Waals surface area contributed by atoms with E-state index in [0.29, 0.717) is 0 Å². The van der Waals surface area contributed by atoms with Crippen LogP contribution in [0.5, 0.6) is 0 Å². The Morgan fingerprint density at radius 2 is 0.965 bits per heavy atom. The Bertz CT molecular complexity index is 1910. The molecule has 4 aliphatic rings. The highest BCUT2D eigenvalue weighted by Gasteiger charge is 2.45. The van der Waals surface area contributed by atoms with E-state index in [-0.39, 0.29) is 71.7 Å². The lowest BCUT2D eigenvalue weighted by molar-refractivity contribution is -0.282. The van der Waals surface area contributed by atoms with E-state index in [9.17, 15) is 84.5 Å². The fourth-order valence-electron chi connectivity index (χ4n) is 9.62. The normalized spacial score (nSPS) is 32.2. The standard InChI is InChI=1S/C52H93N4O28P/c1-29(2)85(72,73)84-80-22-33-15-35(61)18-56(33)42(65)16-34(60)17-52(26-74-23-39(62)53-9-6-12-77-49-30(3)43(66)46(69)36(19-57)81-49,27-75-24-40(63)54-10-7-13-78-50-31(4)44(67)47(70)37(20-58)82-50)28-76-25-41(64)55-11-8-14-79-51-32(5)45(68)48(71)38(21-59)83-51/h29-33,35-38,43-51,57-59,61,66-71H,6-28H2,1-5H3,(H,53,62)(H,54,63)(H,55,64)(H,72,73)/t30?,31?,32?,33-,35+,36?,37?,38?,43+,44+,45+,46-,47-,48-,49+,50+,51+,52?/m0/s1. The fraction of sp³-hybridized carbons (Fsp3) is 0.904. The number of hydrogen-bond donors (Lipinski definition) is 14. The van der Waals surface area contributed by atoms with Crippen LogP contribution < -0.4 is 16.0 Å². The third-order valence-corrected chi connectivity index (χ3v) is 16.6. The van der Waals surface area contributed by atoms with Crippen molar-refractivity contribution in [3.8, 4) is 0 Å². The van der Waals surface area contributed by atoms with Crippen LogP contribution in [0.15, 0.2) is 0 Å². The molecule has 4 amide bonds. The first-order valence-electron chi connectivity index (χ1n) is 28.7. The highest BCUT2D eigenvalue weighted by atomic mass is 31.2. The second kappa shape index (κ2) is 37.2. The predicted molar refractivity (Wildman–Crippen MR) is 289 cm³/mol. The van der Waals surface area contributed by atoms with Crippen molar-refractivity contribution < 1.29 is 137 Å². The molecule has 0 aliphatic carbocycles. The number of amides is 4. The Morgan fingerprint density at radius 3 is 1.31 bits per heavy atom. The molecule has 4 saturated heterocycles. The number of rotatable bonds is 39. The van der Waals surface area contributed by atoms with Crippen molar-refractivity contribution in [2.75, 3.05) is 112 Å². The molecule has 7 unspecified atom stereocenters. The third-order valence-electron chi connectivity index (χ3n) is 15.0. The SMILES string of the molecule is CC1[C@H](OCCCNC(=O)COCC(COCC(=O)NCCCO[C@@H]2OC(CO)[C@H](O)[C@H](O)C2C)(COCC(=O)NCCCO[C@@H]2OC(CO)[C@H](O)[C@H](O)C2C)CC(=O)CC(=O)N2C[C@H](O)C[C@H]2COOP(=O)(O)C(C)C)OC(CO)[C@H](O)[C@@H]1O. The number of ether oxygens (including phenoxy) is 9. The summed E-state index contributed by atoms with van der Waals surface area (Å²) >= 11 is 0. The minimum absolute atomic E-state index is 0.0174. The number of β-amino-alcohol motifs (C(OH)–C–C–N with tert-alkyl or cyclic N) is 1. The summed E-state index contributed by atoms with van der Waals surface area (Å²) < 4.78 is 68.5. The predicted octanol–water partition coefficient (Wildman–Crippen LogP) is -5.33. The van der Waals surface area contributed by atoms with Gasteiger partial charge in [-0.05, 0) is 25.7 Å². The van der Waals surface area contributed by atoms with Crippen LogP contribution in [0.4, 0.5) is 0 Å². The first-order valence-corrected chi connectivity index (χ1v) is 30.3. The Balaban J connectivity index is 1.43. The van der Waals surface area contributed by atoms with Crippen molar-refractivity contribution in [1.29, 1.82) is 0 Å². The molecular weight excluding hydrogens is 1160 g/mol. The van der Waals surface area contributed by atoms with Crippen molar-refractivity contribution in [3.05, 3.63) is 0 Å². The van der Waals surface area contributed by atoms with Crippen LogP contribution >= 0.6 is 7.60 Å². The van der Waals surface area contributed by atoms with E-state index in [1.54, 1.807) is 20.8 Å². The monoisotopic (exact) mass is 1250 g/mol. The van der Waals surface area contributed by atoms with Crippen molar-refractivity contribution in [2.45, 2.75) is 165 Å². The van der Waals surface area contributed by atoms with Crippen LogP contribution in [0.2, 0.25) is 0 Å². The fourth-order valence-corrected chi connectivity index (χ4v) is 10.0. The number of carbonyl (C=O) groups excluding carboxylic acids is 5. The maximum absolute atomic E-state index is 14.1. The third kappa shape index (κ3) is 23.7. The quantitative estimate of drug-likeness (QED) is 0.00898. The van der Waals surface area contributed by atoms with Crippen LogP contribution in [-0.2, 0) is 80.7 Å². The van der Waals surface area contributed by atoms with E-state index in [1.807, 2.05) is 0 Å². The van der Waals surface area contributed by atoms with Crippen LogP contribution in [0, 0.1) is 23.2 Å². The van der Waals surface area contributed by atoms with E-state index >= 15 is 0 Å². The molecular formula is C52H93N4O28P. The molecule has 14 N–H and O–H groups in total. The maximum atomic E-state index is 14.1. The van der Waals surface area contributed by atoms with E-state index < -0.39 is 231 Å². The maximum Gasteiger partial charge on any atom is 0.357 e. The van der Waals surface area contributed by atoms with Crippen molar-refractivity contribution in [2.24, 2.45) is 23.2 Å². The molecule has 4 heterocycles. The summed E-state index contributed by atoms with van der Waals surface area (Å²) in [6, 6.07) is -0.874. The summed E-state index contributed by atoms with van der Waals surface area (Å²) in [5, 5.41) is 109. The van der Waals surface area contributed by atoms with Gasteiger partial charge in [-0.25, -0.2) is 4.89 Å². The van der Waals surface area contributed by atoms with Gasteiger partial charge in [0.15, 0.2) is 18.9 Å². The molecule has 0 aromatic rings. The van der Waals surface area contributed by atoms with Gasteiger partial charge in [0.25, 0.3) is 0 Å². The molecule has 0 saturated carbocycles. The Hall–Kier alpha value is -3.10. The van der Waals surface area contributed by atoms with Gasteiger partial charge in [0.2, 0.25) is 23.6 Å². The number of aliphatic hydroxyl groups excluding tert-OH is 10. The molecule has 4 rings (SSSR count). The van der Waals surface area contributed by atoms with Gasteiger partial charge in [0.1, 0.15) is 68.8 Å². The van der Waals surface area contributed by atoms with Gasteiger partial charge in [0.05, 0.1) is 102 Å². The number of carbonyl (C=O) groups is 5. The molecule has 0 aromatic heterocycles. The van der Waals surface area contributed by atoms with Gasteiger partial charge >= 0.3 is 7.60 Å². The number of nitrogens with zero attached hydrogens (tertiary/aromatic N) is 1. The van der Waals surface area contributed by atoms with Gasteiger partial charge in [-0.2, -0.15) is 0 Å². The first-order chi connectivity index (χ1) is 40.3. The second-order valence-electron chi connectivity index (χ2n) is 22.4. The van der Waals surface area contributed by atoms with Gasteiger partial charge in [-0.3, -0.25) is 28.5 Å². The molecule has 33 heteroatoms. The van der Waals surface area contributed by atoms with E-state index in [2.05, 4.69) is 16.0 Å². The minimum Gasteiger partial charge on any atom is -0.394 e. The van der Waals surface area contributed by atoms with Gasteiger partial charge in [-0.15, -0.1) is 4.67 Å². The lowest BCUT2D eigenvalue weighted by Gasteiger charge is -2.40. The Labute approximate surface area is 493 Å². The zero-order valence-electron chi connectivity index (χ0n) is 48.9. The molecule has 0 radical (unpaired) electrons. The molecule has 4 fully saturated rings. The number of likely N-dealkylation sites (tertiary alicyclic amines) is 1. The summed E-state index contributed by atoms with van der Waals surface area (Å²) in [7, 11) is -4.18. The topological polar surface area (TPSA) is 466 Å². The molecule has 0 bridgehead atoms. The van der Waals surface area contributed by atoms with Gasteiger partial charge in [0, 0.05) is 55.8 Å². The molecule has 4 aliphatic heterocycles. The number of hydrogen-bond acceptors (Lipinski definition) is 27. The summed E-state index contributed by atoms with van der Waals surface area (Å²) in [6.07, 6.45) is -15.4. The van der Waals surface area contributed by atoms with E-state index in [0.717, 1.165) is 0 Å². The zero-order valence-corrected chi connectivity index (χ0v) is 49.8. The lowest BCUT2D eigenvalue weighted by atomic mass is 9.84. The Morgan fingerprint density at radius 1 is 0.600 bits per heavy atom. The number of nitrogens with one attached hydrogen (secondary N) is 3. The largest absolute Gasteiger partial charge is 0.394 e. The van der Waals surface area contributed by atoms with Crippen LogP contribution in [-0.4, -0.2) is 294 Å². The van der Waals surface area contributed by atoms with Crippen molar-refractivity contribution >= 4 is 37.0 Å². The molecule has 0 aromatic carbocycles. The van der Waals surface area contributed by atoms with Crippen molar-refractivity contribution in [3.63, 3.8) is 0 Å². The van der Waals surface area contributed by atoms with Crippen molar-refractivity contribution in [1.82, 2.24) is 20.9 Å². The zero-order chi connectivity index (χ0) is 63.0. The summed E-state index contributed by atoms with van der Waals surface area (Å²) in [5.74, 6) is -5.30. The smallest absolute Gasteiger partial charge is 0.357 e. The molecule has 85 heavy (non-hydrogen) atoms. The van der Waals surface area contributed by atoms with Gasteiger partial charge in [-0.1, -0.05) is 34.6 Å². The highest BCUT2D eigenvalue weighted by Crippen LogP contribution is 2.47. The summed E-state index contributed by atoms with van der Waals surface area (Å²) in [6.45, 7) is 2.35. The Kier molecular flexibility index (Phi) is 32.5. The first kappa shape index (κ1) is 74.4. The molecule has 18 atom stereocenters. The number of Topliss-reactive ketones (excluding diaryl/α,β-unsaturated/α-hetero) is 1. The summed E-state index contributed by atoms with van der Waals surface area (Å²) in [4.78, 5) is 83.6. The average molecular weight is 1250 g/mol. The minimum atomic E-state index is -4.18. The number of ketones is 1. The lowest BCUT2D eigenvalue weighted by Crippen LogP contribution is -2.55. The highest BCUT2D eigenvalue weighted by molar-refractivity contribution is 7.53. The van der Waals surface area contributed by atoms with Gasteiger partial charge < -0.3 is 119 Å². The summed E-state index contributed by atoms with van der Waals surface area (Å²) in [5.41, 5.74) is -2.44. The molecule has 494 valence electrons. The van der Waals surface area contributed by atoms with Crippen LogP contribution in [0.3, 0.4) is 0 Å². The number of aliphatic hydroxyl groups is 10. The second-order valence-corrected chi connectivity index (χ2v) is 24.7. The molecule has 0 spiro atoms. The molecule has 32 nitrogen and oxygen atoms in total.